The van der Waals surface area contributed by atoms with Crippen LogP contribution < -0.4 is 5.32 Å². The van der Waals surface area contributed by atoms with Gasteiger partial charge in [0.25, 0.3) is 0 Å². The van der Waals surface area contributed by atoms with E-state index in [0.717, 1.165) is 0 Å². The molecule has 0 saturated carbocycles. The highest BCUT2D eigenvalue weighted by molar-refractivity contribution is 5.83. The lowest BCUT2D eigenvalue weighted by Crippen LogP contribution is -2.41. The zero-order valence-electron chi connectivity index (χ0n) is 9.55. The second-order valence-electron chi connectivity index (χ2n) is 3.75. The van der Waals surface area contributed by atoms with E-state index in [1.54, 1.807) is 0 Å². The standard InChI is InChI=1S/C10H17NO6/c1-6(9(14)15)2-3-8(13)11-7(4-5-12)10(16)17/h6-7,12H,2-5H2,1H3,(H,11,13)(H,14,15)(H,16,17)/t6?,7-/m0/s1. The number of carbonyl (C=O) groups is 3. The van der Waals surface area contributed by atoms with Gasteiger partial charge in [-0.1, -0.05) is 6.92 Å². The molecule has 0 aromatic carbocycles. The Morgan fingerprint density at radius 3 is 2.12 bits per heavy atom. The molecule has 4 N–H and O–H groups in total. The fourth-order valence-corrected chi connectivity index (χ4v) is 1.12. The van der Waals surface area contributed by atoms with Crippen molar-refractivity contribution >= 4 is 17.8 Å². The molecule has 2 atom stereocenters. The van der Waals surface area contributed by atoms with Gasteiger partial charge in [-0.05, 0) is 6.42 Å². The minimum Gasteiger partial charge on any atom is -0.481 e. The first-order valence-electron chi connectivity index (χ1n) is 5.24. The monoisotopic (exact) mass is 247 g/mol. The first-order chi connectivity index (χ1) is 7.88. The Morgan fingerprint density at radius 2 is 1.71 bits per heavy atom. The van der Waals surface area contributed by atoms with Gasteiger partial charge in [0, 0.05) is 19.4 Å². The molecule has 0 rings (SSSR count). The van der Waals surface area contributed by atoms with Crippen LogP contribution in [-0.2, 0) is 14.4 Å². The Balaban J connectivity index is 4.06. The summed E-state index contributed by atoms with van der Waals surface area (Å²) in [6.07, 6.45) is 0.0187. The molecule has 0 aromatic rings. The number of rotatable bonds is 8. The third-order valence-corrected chi connectivity index (χ3v) is 2.28. The molecule has 0 bridgehead atoms. The summed E-state index contributed by atoms with van der Waals surface area (Å²) in [7, 11) is 0. The van der Waals surface area contributed by atoms with Crippen molar-refractivity contribution < 1.29 is 29.7 Å². The molecule has 1 unspecified atom stereocenters. The van der Waals surface area contributed by atoms with Gasteiger partial charge < -0.3 is 20.6 Å². The predicted molar refractivity (Wildman–Crippen MR) is 57.3 cm³/mol. The number of aliphatic carboxylic acids is 2. The molecular formula is C10H17NO6. The van der Waals surface area contributed by atoms with Gasteiger partial charge in [0.05, 0.1) is 5.92 Å². The third kappa shape index (κ3) is 6.52. The summed E-state index contributed by atoms with van der Waals surface area (Å²) < 4.78 is 0. The Hall–Kier alpha value is -1.63. The highest BCUT2D eigenvalue weighted by atomic mass is 16.4. The molecule has 1 amide bonds. The van der Waals surface area contributed by atoms with Crippen LogP contribution in [0.2, 0.25) is 0 Å². The lowest BCUT2D eigenvalue weighted by atomic mass is 10.1. The summed E-state index contributed by atoms with van der Waals surface area (Å²) in [5, 5.41) is 28.1. The van der Waals surface area contributed by atoms with E-state index in [1.165, 1.54) is 6.92 Å². The largest absolute Gasteiger partial charge is 0.481 e. The molecule has 7 nitrogen and oxygen atoms in total. The molecule has 0 aromatic heterocycles. The van der Waals surface area contributed by atoms with Crippen molar-refractivity contribution in [3.8, 4) is 0 Å². The zero-order valence-corrected chi connectivity index (χ0v) is 9.55. The third-order valence-electron chi connectivity index (χ3n) is 2.28. The fourth-order valence-electron chi connectivity index (χ4n) is 1.12. The van der Waals surface area contributed by atoms with E-state index >= 15 is 0 Å². The lowest BCUT2D eigenvalue weighted by Gasteiger charge is -2.13. The van der Waals surface area contributed by atoms with E-state index in [4.69, 9.17) is 15.3 Å². The zero-order chi connectivity index (χ0) is 13.4. The van der Waals surface area contributed by atoms with E-state index < -0.39 is 29.8 Å². The van der Waals surface area contributed by atoms with Gasteiger partial charge in [-0.15, -0.1) is 0 Å². The molecule has 0 heterocycles. The van der Waals surface area contributed by atoms with Crippen molar-refractivity contribution in [2.45, 2.75) is 32.2 Å². The van der Waals surface area contributed by atoms with Crippen molar-refractivity contribution in [3.63, 3.8) is 0 Å². The van der Waals surface area contributed by atoms with Crippen molar-refractivity contribution in [1.29, 1.82) is 0 Å². The highest BCUT2D eigenvalue weighted by Gasteiger charge is 2.20. The van der Waals surface area contributed by atoms with Crippen LogP contribution in [0.4, 0.5) is 0 Å². The summed E-state index contributed by atoms with van der Waals surface area (Å²) in [4.78, 5) is 32.4. The van der Waals surface area contributed by atoms with Gasteiger partial charge in [0.2, 0.25) is 5.91 Å². The molecule has 0 radical (unpaired) electrons. The van der Waals surface area contributed by atoms with Crippen molar-refractivity contribution in [1.82, 2.24) is 5.32 Å². The second-order valence-corrected chi connectivity index (χ2v) is 3.75. The number of aliphatic hydroxyl groups excluding tert-OH is 1. The van der Waals surface area contributed by atoms with Gasteiger partial charge in [-0.2, -0.15) is 0 Å². The van der Waals surface area contributed by atoms with E-state index in [1.807, 2.05) is 0 Å². The maximum absolute atomic E-state index is 11.3. The van der Waals surface area contributed by atoms with E-state index in [0.29, 0.717) is 0 Å². The maximum Gasteiger partial charge on any atom is 0.326 e. The van der Waals surface area contributed by atoms with E-state index in [9.17, 15) is 14.4 Å². The Morgan fingerprint density at radius 1 is 1.12 bits per heavy atom. The van der Waals surface area contributed by atoms with Gasteiger partial charge in [0.15, 0.2) is 0 Å². The smallest absolute Gasteiger partial charge is 0.326 e. The Labute approximate surface area is 98.4 Å². The number of hydrogen-bond donors (Lipinski definition) is 4. The molecular weight excluding hydrogens is 230 g/mol. The molecule has 0 fully saturated rings. The second kappa shape index (κ2) is 7.61. The van der Waals surface area contributed by atoms with Crippen LogP contribution in [0.5, 0.6) is 0 Å². The number of nitrogens with one attached hydrogen (secondary N) is 1. The minimum atomic E-state index is -1.22. The predicted octanol–water partition coefficient (Wildman–Crippen LogP) is -0.561. The number of carboxylic acids is 2. The number of carboxylic acid groups (broad SMARTS) is 2. The van der Waals surface area contributed by atoms with Crippen LogP contribution in [0.3, 0.4) is 0 Å². The average molecular weight is 247 g/mol. The van der Waals surface area contributed by atoms with Crippen LogP contribution in [-0.4, -0.2) is 45.8 Å². The Kier molecular flexibility index (Phi) is 6.88. The molecule has 0 aliphatic carbocycles. The van der Waals surface area contributed by atoms with Crippen molar-refractivity contribution in [3.05, 3.63) is 0 Å². The van der Waals surface area contributed by atoms with Crippen LogP contribution in [0.25, 0.3) is 0 Å². The topological polar surface area (TPSA) is 124 Å². The SMILES string of the molecule is CC(CCC(=O)N[C@@H](CCO)C(=O)O)C(=O)O. The molecule has 17 heavy (non-hydrogen) atoms. The quantitative estimate of drug-likeness (QED) is 0.455. The molecule has 0 saturated heterocycles. The van der Waals surface area contributed by atoms with Gasteiger partial charge in [0.1, 0.15) is 6.04 Å². The number of aliphatic hydroxyl groups is 1. The number of carbonyl (C=O) groups excluding carboxylic acids is 1. The first kappa shape index (κ1) is 15.4. The van der Waals surface area contributed by atoms with Gasteiger partial charge >= 0.3 is 11.9 Å². The molecule has 0 spiro atoms. The number of amides is 1. The lowest BCUT2D eigenvalue weighted by molar-refractivity contribution is -0.143. The molecule has 0 aliphatic heterocycles. The fraction of sp³-hybridized carbons (Fsp3) is 0.700. The summed E-state index contributed by atoms with van der Waals surface area (Å²) in [6.45, 7) is 1.13. The summed E-state index contributed by atoms with van der Waals surface area (Å²) in [5.41, 5.74) is 0. The van der Waals surface area contributed by atoms with Crippen LogP contribution in [0.1, 0.15) is 26.2 Å². The van der Waals surface area contributed by atoms with E-state index in [2.05, 4.69) is 5.32 Å². The van der Waals surface area contributed by atoms with Crippen LogP contribution in [0, 0.1) is 5.92 Å². The Bertz CT molecular complexity index is 291. The molecule has 0 aliphatic rings. The van der Waals surface area contributed by atoms with Crippen molar-refractivity contribution in [2.75, 3.05) is 6.61 Å². The van der Waals surface area contributed by atoms with Gasteiger partial charge in [-0.3, -0.25) is 9.59 Å². The van der Waals surface area contributed by atoms with Gasteiger partial charge in [-0.25, -0.2) is 4.79 Å². The first-order valence-corrected chi connectivity index (χ1v) is 5.24. The molecule has 98 valence electrons. The van der Waals surface area contributed by atoms with Crippen LogP contribution in [0.15, 0.2) is 0 Å². The van der Waals surface area contributed by atoms with E-state index in [-0.39, 0.29) is 25.9 Å². The highest BCUT2D eigenvalue weighted by Crippen LogP contribution is 2.05. The average Bonchev–Trinajstić information content (AvgIpc) is 2.24. The molecule has 7 heteroatoms. The summed E-state index contributed by atoms with van der Waals surface area (Å²) in [6, 6.07) is -1.13. The normalized spacial score (nSPS) is 13.8. The minimum absolute atomic E-state index is 0.0529. The summed E-state index contributed by atoms with van der Waals surface area (Å²) in [5.74, 6) is -3.40. The maximum atomic E-state index is 11.3. The van der Waals surface area contributed by atoms with Crippen molar-refractivity contribution in [2.24, 2.45) is 5.92 Å². The van der Waals surface area contributed by atoms with Crippen LogP contribution >= 0.6 is 0 Å². The summed E-state index contributed by atoms with van der Waals surface area (Å²) >= 11 is 0. The number of hydrogen-bond acceptors (Lipinski definition) is 4.